The molecule has 0 fully saturated rings. The van der Waals surface area contributed by atoms with Crippen LogP contribution in [-0.2, 0) is 20.0 Å². The molecular formula is C19H23N5O7S2. The molecule has 2 aromatic carbocycles. The average molecular weight is 498 g/mol. The molecule has 0 unspecified atom stereocenters. The van der Waals surface area contributed by atoms with Crippen LogP contribution >= 0.6 is 0 Å². The van der Waals surface area contributed by atoms with Crippen LogP contribution in [0.2, 0.25) is 0 Å². The fraction of sp³-hybridized carbons (Fsp3) is 0.211. The molecule has 0 atom stereocenters. The van der Waals surface area contributed by atoms with E-state index < -0.39 is 31.0 Å². The molecule has 0 aliphatic carbocycles. The number of sulfonamides is 2. The lowest BCUT2D eigenvalue weighted by atomic mass is 10.3. The minimum Gasteiger partial charge on any atom is -0.337 e. The average Bonchev–Trinajstić information content (AvgIpc) is 2.77. The number of non-ortho nitro benzene ring substituents is 1. The number of likely N-dealkylation sites (N-methyl/N-ethyl adjacent to an activating group) is 1. The molecule has 0 heterocycles. The molecule has 2 aromatic rings. The third-order valence-electron chi connectivity index (χ3n) is 4.25. The fourth-order valence-electron chi connectivity index (χ4n) is 2.55. The molecule has 2 rings (SSSR count). The maximum atomic E-state index is 12.4. The summed E-state index contributed by atoms with van der Waals surface area (Å²) in [4.78, 5) is 21.9. The molecule has 14 heteroatoms. The van der Waals surface area contributed by atoms with Crippen molar-refractivity contribution in [3.63, 3.8) is 0 Å². The molecule has 12 nitrogen and oxygen atoms in total. The summed E-state index contributed by atoms with van der Waals surface area (Å²) in [6, 6.07) is 9.46. The highest BCUT2D eigenvalue weighted by molar-refractivity contribution is 7.89. The Morgan fingerprint density at radius 3 is 2.36 bits per heavy atom. The van der Waals surface area contributed by atoms with Crippen molar-refractivity contribution in [2.45, 2.75) is 9.79 Å². The molecule has 2 amide bonds. The van der Waals surface area contributed by atoms with Crippen molar-refractivity contribution in [3.8, 4) is 0 Å². The monoisotopic (exact) mass is 497 g/mol. The van der Waals surface area contributed by atoms with Crippen LogP contribution in [0.4, 0.5) is 16.2 Å². The van der Waals surface area contributed by atoms with Crippen molar-refractivity contribution in [2.75, 3.05) is 32.0 Å². The molecule has 0 bridgehead atoms. The third-order valence-corrected chi connectivity index (χ3v) is 7.54. The number of urea groups is 1. The lowest BCUT2D eigenvalue weighted by Gasteiger charge is -2.15. The van der Waals surface area contributed by atoms with E-state index in [0.717, 1.165) is 10.4 Å². The number of carbonyl (C=O) groups is 1. The Morgan fingerprint density at radius 2 is 1.76 bits per heavy atom. The van der Waals surface area contributed by atoms with E-state index in [4.69, 9.17) is 0 Å². The van der Waals surface area contributed by atoms with Crippen LogP contribution in [0.5, 0.6) is 0 Å². The molecule has 0 spiro atoms. The van der Waals surface area contributed by atoms with Gasteiger partial charge in [-0.1, -0.05) is 12.1 Å². The van der Waals surface area contributed by atoms with Gasteiger partial charge >= 0.3 is 6.03 Å². The zero-order chi connectivity index (χ0) is 24.6. The number of anilines is 1. The van der Waals surface area contributed by atoms with Crippen LogP contribution < -0.4 is 15.4 Å². The van der Waals surface area contributed by atoms with Crippen molar-refractivity contribution in [3.05, 3.63) is 71.3 Å². The number of nitro groups is 1. The number of hydrogen-bond donors (Lipinski definition) is 3. The molecule has 0 radical (unpaired) electrons. The van der Waals surface area contributed by atoms with Crippen LogP contribution in [0.1, 0.15) is 0 Å². The SMILES string of the molecule is C=CCN(C)S(=O)(=O)c1ccc(NC(=O)NCCNS(=O)(=O)c2cccc([N+](=O)[O-])c2)cc1. The molecule has 33 heavy (non-hydrogen) atoms. The number of amides is 2. The van der Waals surface area contributed by atoms with Gasteiger partial charge in [-0.15, -0.1) is 6.58 Å². The summed E-state index contributed by atoms with van der Waals surface area (Å²) < 4.78 is 52.5. The molecule has 0 aliphatic rings. The first kappa shape index (κ1) is 25.9. The fourth-order valence-corrected chi connectivity index (χ4v) is 4.77. The van der Waals surface area contributed by atoms with Gasteiger partial charge in [0.1, 0.15) is 0 Å². The number of hydrogen-bond acceptors (Lipinski definition) is 7. The van der Waals surface area contributed by atoms with E-state index in [1.807, 2.05) is 0 Å². The van der Waals surface area contributed by atoms with Gasteiger partial charge in [-0.05, 0) is 30.3 Å². The summed E-state index contributed by atoms with van der Waals surface area (Å²) in [6.45, 7) is 3.42. The first-order valence-corrected chi connectivity index (χ1v) is 12.4. The minimum atomic E-state index is -4.00. The largest absolute Gasteiger partial charge is 0.337 e. The minimum absolute atomic E-state index is 0.0494. The Bertz CT molecular complexity index is 1230. The second kappa shape index (κ2) is 11.0. The topological polar surface area (TPSA) is 168 Å². The van der Waals surface area contributed by atoms with Crippen LogP contribution in [0.25, 0.3) is 0 Å². The van der Waals surface area contributed by atoms with Crippen molar-refractivity contribution in [1.82, 2.24) is 14.3 Å². The van der Waals surface area contributed by atoms with Gasteiger partial charge in [0.05, 0.1) is 14.7 Å². The van der Waals surface area contributed by atoms with E-state index in [1.54, 1.807) is 0 Å². The standard InChI is InChI=1S/C19H23N5O7S2/c1-3-13-23(2)33(30,31)17-9-7-15(8-10-17)22-19(25)20-11-12-21-32(28,29)18-6-4-5-16(14-18)24(26)27/h3-10,14,21H,1,11-13H2,2H3,(H2,20,22,25). The summed E-state index contributed by atoms with van der Waals surface area (Å²) in [6.07, 6.45) is 1.46. The Balaban J connectivity index is 1.86. The Labute approximate surface area is 191 Å². The molecule has 3 N–H and O–H groups in total. The van der Waals surface area contributed by atoms with E-state index in [9.17, 15) is 31.7 Å². The number of nitrogens with one attached hydrogen (secondary N) is 3. The van der Waals surface area contributed by atoms with Gasteiger partial charge in [0, 0.05) is 44.5 Å². The normalized spacial score (nSPS) is 11.7. The first-order chi connectivity index (χ1) is 15.5. The van der Waals surface area contributed by atoms with E-state index in [2.05, 4.69) is 21.9 Å². The molecule has 178 valence electrons. The Kier molecular flexibility index (Phi) is 8.64. The summed E-state index contributed by atoms with van der Waals surface area (Å²) in [5, 5.41) is 15.7. The quantitative estimate of drug-likeness (QED) is 0.183. The number of carbonyl (C=O) groups excluding carboxylic acids is 1. The van der Waals surface area contributed by atoms with Gasteiger partial charge in [-0.3, -0.25) is 10.1 Å². The lowest BCUT2D eigenvalue weighted by molar-refractivity contribution is -0.385. The van der Waals surface area contributed by atoms with Gasteiger partial charge in [-0.25, -0.2) is 26.4 Å². The molecular weight excluding hydrogens is 474 g/mol. The van der Waals surface area contributed by atoms with Gasteiger partial charge in [0.15, 0.2) is 0 Å². The van der Waals surface area contributed by atoms with E-state index in [0.29, 0.717) is 5.69 Å². The molecule has 0 aliphatic heterocycles. The first-order valence-electron chi connectivity index (χ1n) is 9.43. The predicted molar refractivity (Wildman–Crippen MR) is 122 cm³/mol. The Hall–Kier alpha value is -3.33. The number of benzene rings is 2. The zero-order valence-corrected chi connectivity index (χ0v) is 19.2. The summed E-state index contributed by atoms with van der Waals surface area (Å²) >= 11 is 0. The van der Waals surface area contributed by atoms with Crippen LogP contribution in [0.15, 0.2) is 71.0 Å². The maximum Gasteiger partial charge on any atom is 0.319 e. The van der Waals surface area contributed by atoms with E-state index in [1.165, 1.54) is 55.6 Å². The van der Waals surface area contributed by atoms with Gasteiger partial charge in [0.25, 0.3) is 5.69 Å². The van der Waals surface area contributed by atoms with Gasteiger partial charge < -0.3 is 10.6 Å². The van der Waals surface area contributed by atoms with Crippen LogP contribution in [-0.4, -0.2) is 58.8 Å². The zero-order valence-electron chi connectivity index (χ0n) is 17.6. The highest BCUT2D eigenvalue weighted by Crippen LogP contribution is 2.18. The van der Waals surface area contributed by atoms with Crippen LogP contribution in [0, 0.1) is 10.1 Å². The Morgan fingerprint density at radius 1 is 1.09 bits per heavy atom. The molecule has 0 saturated carbocycles. The van der Waals surface area contributed by atoms with Crippen molar-refractivity contribution < 1.29 is 26.6 Å². The molecule has 0 saturated heterocycles. The van der Waals surface area contributed by atoms with Crippen molar-refractivity contribution >= 4 is 37.5 Å². The van der Waals surface area contributed by atoms with Gasteiger partial charge in [-0.2, -0.15) is 4.31 Å². The highest BCUT2D eigenvalue weighted by Gasteiger charge is 2.20. The van der Waals surface area contributed by atoms with E-state index >= 15 is 0 Å². The highest BCUT2D eigenvalue weighted by atomic mass is 32.2. The van der Waals surface area contributed by atoms with Gasteiger partial charge in [0.2, 0.25) is 20.0 Å². The second-order valence-corrected chi connectivity index (χ2v) is 10.4. The van der Waals surface area contributed by atoms with E-state index in [-0.39, 0.29) is 35.1 Å². The number of nitro benzene ring substituents is 1. The number of nitrogens with zero attached hydrogens (tertiary/aromatic N) is 2. The summed E-state index contributed by atoms with van der Waals surface area (Å²) in [7, 11) is -6.25. The van der Waals surface area contributed by atoms with Crippen LogP contribution in [0.3, 0.4) is 0 Å². The summed E-state index contributed by atoms with van der Waals surface area (Å²) in [5.74, 6) is 0. The van der Waals surface area contributed by atoms with Crippen molar-refractivity contribution in [1.29, 1.82) is 0 Å². The molecule has 0 aromatic heterocycles. The van der Waals surface area contributed by atoms with Crippen molar-refractivity contribution in [2.24, 2.45) is 0 Å². The predicted octanol–water partition coefficient (Wildman–Crippen LogP) is 1.50. The maximum absolute atomic E-state index is 12.4. The third kappa shape index (κ3) is 7.08. The smallest absolute Gasteiger partial charge is 0.319 e. The summed E-state index contributed by atoms with van der Waals surface area (Å²) in [5.41, 5.74) is -0.0310. The number of rotatable bonds is 11. The second-order valence-electron chi connectivity index (χ2n) is 6.63. The lowest BCUT2D eigenvalue weighted by Crippen LogP contribution is -2.36.